The van der Waals surface area contributed by atoms with Gasteiger partial charge in [-0.05, 0) is 24.6 Å². The van der Waals surface area contributed by atoms with E-state index in [-0.39, 0.29) is 5.69 Å². The Balaban J connectivity index is 1.52. The first-order chi connectivity index (χ1) is 12.2. The fraction of sp³-hybridized carbons (Fsp3) is 0.389. The van der Waals surface area contributed by atoms with Crippen LogP contribution in [0, 0.1) is 0 Å². The molecule has 25 heavy (non-hydrogen) atoms. The lowest BCUT2D eigenvalue weighted by atomic mass is 10.2. The number of anilines is 1. The molecule has 7 heteroatoms. The van der Waals surface area contributed by atoms with E-state index in [4.69, 9.17) is 9.84 Å². The van der Waals surface area contributed by atoms with Crippen molar-refractivity contribution in [3.05, 3.63) is 47.9 Å². The van der Waals surface area contributed by atoms with E-state index in [0.29, 0.717) is 6.61 Å². The van der Waals surface area contributed by atoms with Crippen molar-refractivity contribution in [2.45, 2.75) is 13.5 Å². The smallest absolute Gasteiger partial charge is 0.356 e. The molecule has 0 spiro atoms. The number of piperazine rings is 1. The molecule has 7 nitrogen and oxygen atoms in total. The van der Waals surface area contributed by atoms with E-state index >= 15 is 0 Å². The second kappa shape index (κ2) is 7.94. The summed E-state index contributed by atoms with van der Waals surface area (Å²) in [6.45, 7) is 7.11. The average Bonchev–Trinajstić information content (AvgIpc) is 2.64. The number of carbonyl (C=O) groups is 1. The molecule has 1 aliphatic rings. The Hall–Kier alpha value is -2.67. The average molecular weight is 342 g/mol. The zero-order valence-corrected chi connectivity index (χ0v) is 14.3. The molecule has 0 aliphatic carbocycles. The number of nitrogens with zero attached hydrogens (tertiary/aromatic N) is 4. The van der Waals surface area contributed by atoms with Crippen LogP contribution in [0.1, 0.15) is 23.0 Å². The molecule has 1 fully saturated rings. The lowest BCUT2D eigenvalue weighted by molar-refractivity contribution is 0.0690. The molecule has 132 valence electrons. The summed E-state index contributed by atoms with van der Waals surface area (Å²) in [5.74, 6) is 0.574. The number of ether oxygens (including phenoxy) is 1. The Morgan fingerprint density at radius 3 is 2.40 bits per heavy atom. The van der Waals surface area contributed by atoms with Gasteiger partial charge < -0.3 is 14.7 Å². The van der Waals surface area contributed by atoms with Gasteiger partial charge in [0.1, 0.15) is 11.6 Å². The molecule has 0 atom stereocenters. The van der Waals surface area contributed by atoms with Crippen molar-refractivity contribution in [3.63, 3.8) is 0 Å². The Bertz CT molecular complexity index is 695. The molecule has 1 saturated heterocycles. The summed E-state index contributed by atoms with van der Waals surface area (Å²) in [6.07, 6.45) is 2.84. The van der Waals surface area contributed by atoms with Crippen LogP contribution in [0.25, 0.3) is 0 Å². The van der Waals surface area contributed by atoms with Crippen LogP contribution in [-0.4, -0.2) is 58.7 Å². The quantitative estimate of drug-likeness (QED) is 0.859. The normalized spacial score (nSPS) is 15.2. The summed E-state index contributed by atoms with van der Waals surface area (Å²) in [7, 11) is 0. The van der Waals surface area contributed by atoms with Crippen molar-refractivity contribution in [2.75, 3.05) is 37.7 Å². The van der Waals surface area contributed by atoms with Gasteiger partial charge in [-0.2, -0.15) is 0 Å². The van der Waals surface area contributed by atoms with Crippen LogP contribution in [0.5, 0.6) is 5.75 Å². The monoisotopic (exact) mass is 342 g/mol. The first kappa shape index (κ1) is 17.2. The van der Waals surface area contributed by atoms with Gasteiger partial charge in [0.15, 0.2) is 5.69 Å². The number of aromatic nitrogens is 2. The van der Waals surface area contributed by atoms with Crippen LogP contribution >= 0.6 is 0 Å². The lowest BCUT2D eigenvalue weighted by Gasteiger charge is -2.35. The van der Waals surface area contributed by atoms with Gasteiger partial charge in [0.05, 0.1) is 19.0 Å². The van der Waals surface area contributed by atoms with Crippen molar-refractivity contribution < 1.29 is 14.6 Å². The Labute approximate surface area is 146 Å². The first-order valence-electron chi connectivity index (χ1n) is 8.40. The van der Waals surface area contributed by atoms with Crippen molar-refractivity contribution in [1.29, 1.82) is 0 Å². The maximum Gasteiger partial charge on any atom is 0.356 e. The molecule has 1 aliphatic heterocycles. The van der Waals surface area contributed by atoms with Crippen molar-refractivity contribution in [2.24, 2.45) is 0 Å². The number of benzene rings is 1. The molecule has 2 heterocycles. The van der Waals surface area contributed by atoms with Gasteiger partial charge >= 0.3 is 5.97 Å². The van der Waals surface area contributed by atoms with Crippen molar-refractivity contribution >= 4 is 11.8 Å². The minimum atomic E-state index is -1.06. The van der Waals surface area contributed by atoms with E-state index in [1.165, 1.54) is 18.0 Å². The van der Waals surface area contributed by atoms with Crippen LogP contribution in [0.2, 0.25) is 0 Å². The number of hydrogen-bond donors (Lipinski definition) is 1. The summed E-state index contributed by atoms with van der Waals surface area (Å²) >= 11 is 0. The van der Waals surface area contributed by atoms with E-state index in [1.54, 1.807) is 0 Å². The van der Waals surface area contributed by atoms with E-state index in [1.807, 2.05) is 19.1 Å². The maximum absolute atomic E-state index is 10.8. The molecule has 0 amide bonds. The second-order valence-corrected chi connectivity index (χ2v) is 5.91. The highest BCUT2D eigenvalue weighted by atomic mass is 16.5. The van der Waals surface area contributed by atoms with Gasteiger partial charge in [0, 0.05) is 32.7 Å². The fourth-order valence-corrected chi connectivity index (χ4v) is 2.85. The van der Waals surface area contributed by atoms with E-state index in [0.717, 1.165) is 44.3 Å². The highest BCUT2D eigenvalue weighted by Crippen LogP contribution is 2.16. The highest BCUT2D eigenvalue weighted by molar-refractivity contribution is 5.84. The Morgan fingerprint density at radius 2 is 1.84 bits per heavy atom. The predicted octanol–water partition coefficient (Wildman–Crippen LogP) is 1.90. The molecule has 1 aromatic heterocycles. The molecule has 0 saturated carbocycles. The minimum absolute atomic E-state index is 0.0297. The third kappa shape index (κ3) is 4.45. The van der Waals surface area contributed by atoms with Gasteiger partial charge in [0.2, 0.25) is 0 Å². The van der Waals surface area contributed by atoms with Crippen LogP contribution in [0.4, 0.5) is 5.82 Å². The van der Waals surface area contributed by atoms with E-state index in [2.05, 4.69) is 31.9 Å². The summed E-state index contributed by atoms with van der Waals surface area (Å²) in [6, 6.07) is 8.23. The molecule has 3 rings (SSSR count). The topological polar surface area (TPSA) is 78.8 Å². The number of carboxylic acids is 1. The van der Waals surface area contributed by atoms with Gasteiger partial charge in [-0.25, -0.2) is 14.8 Å². The zero-order chi connectivity index (χ0) is 17.6. The zero-order valence-electron chi connectivity index (χ0n) is 14.3. The summed E-state index contributed by atoms with van der Waals surface area (Å²) in [5, 5.41) is 8.88. The van der Waals surface area contributed by atoms with Crippen molar-refractivity contribution in [1.82, 2.24) is 14.9 Å². The van der Waals surface area contributed by atoms with Crippen molar-refractivity contribution in [3.8, 4) is 5.75 Å². The molecule has 1 N–H and O–H groups in total. The van der Waals surface area contributed by atoms with Crippen LogP contribution in [0.3, 0.4) is 0 Å². The third-order valence-electron chi connectivity index (χ3n) is 4.19. The molecular weight excluding hydrogens is 320 g/mol. The van der Waals surface area contributed by atoms with Crippen LogP contribution in [0.15, 0.2) is 36.7 Å². The first-order valence-corrected chi connectivity index (χ1v) is 8.40. The second-order valence-electron chi connectivity index (χ2n) is 5.91. The summed E-state index contributed by atoms with van der Waals surface area (Å²) < 4.78 is 5.47. The van der Waals surface area contributed by atoms with Crippen LogP contribution in [-0.2, 0) is 6.54 Å². The summed E-state index contributed by atoms with van der Waals surface area (Å²) in [4.78, 5) is 23.5. The highest BCUT2D eigenvalue weighted by Gasteiger charge is 2.19. The maximum atomic E-state index is 10.8. The molecule has 0 radical (unpaired) electrons. The predicted molar refractivity (Wildman–Crippen MR) is 94.1 cm³/mol. The van der Waals surface area contributed by atoms with Gasteiger partial charge in [-0.1, -0.05) is 12.1 Å². The molecule has 0 unspecified atom stereocenters. The van der Waals surface area contributed by atoms with Gasteiger partial charge in [0.25, 0.3) is 0 Å². The SMILES string of the molecule is CCOc1ccc(CN2CCN(c3cnc(C(=O)O)cn3)CC2)cc1. The molecule has 2 aromatic rings. The lowest BCUT2D eigenvalue weighted by Crippen LogP contribution is -2.46. The van der Waals surface area contributed by atoms with Gasteiger partial charge in [-0.15, -0.1) is 0 Å². The van der Waals surface area contributed by atoms with Crippen LogP contribution < -0.4 is 9.64 Å². The summed E-state index contributed by atoms with van der Waals surface area (Å²) in [5.41, 5.74) is 1.24. The molecule has 1 aromatic carbocycles. The van der Waals surface area contributed by atoms with Gasteiger partial charge in [-0.3, -0.25) is 4.90 Å². The minimum Gasteiger partial charge on any atom is -0.494 e. The largest absolute Gasteiger partial charge is 0.494 e. The van der Waals surface area contributed by atoms with E-state index < -0.39 is 5.97 Å². The Morgan fingerprint density at radius 1 is 1.12 bits per heavy atom. The number of hydrogen-bond acceptors (Lipinski definition) is 6. The third-order valence-corrected chi connectivity index (χ3v) is 4.19. The fourth-order valence-electron chi connectivity index (χ4n) is 2.85. The molecule has 0 bridgehead atoms. The standard InChI is InChI=1S/C18H22N4O3/c1-2-25-15-5-3-14(4-6-15)13-21-7-9-22(10-8-21)17-12-19-16(11-20-17)18(23)24/h3-6,11-12H,2,7-10,13H2,1H3,(H,23,24). The number of carboxylic acid groups (broad SMARTS) is 1. The molecular formula is C18H22N4O3. The number of aromatic carboxylic acids is 1. The Kier molecular flexibility index (Phi) is 5.45. The van der Waals surface area contributed by atoms with E-state index in [9.17, 15) is 4.79 Å². The number of rotatable bonds is 6.